The fraction of sp³-hybridized carbons (Fsp3) is 0.556. The number of aryl methyl sites for hydroxylation is 1. The van der Waals surface area contributed by atoms with Crippen LogP contribution in [0.3, 0.4) is 0 Å². The van der Waals surface area contributed by atoms with E-state index in [4.69, 9.17) is 4.74 Å². The summed E-state index contributed by atoms with van der Waals surface area (Å²) in [6.07, 6.45) is 2.05. The van der Waals surface area contributed by atoms with E-state index in [0.717, 1.165) is 4.57 Å². The molecule has 0 amide bonds. The molecule has 0 atom stereocenters. The molecule has 5 heteroatoms. The summed E-state index contributed by atoms with van der Waals surface area (Å²) in [5, 5.41) is 0. The Balaban J connectivity index is 3.13. The summed E-state index contributed by atoms with van der Waals surface area (Å²) >= 11 is 0. The first-order chi connectivity index (χ1) is 6.70. The van der Waals surface area contributed by atoms with Crippen LogP contribution in [0.25, 0.3) is 0 Å². The quantitative estimate of drug-likeness (QED) is 0.745. The van der Waals surface area contributed by atoms with Crippen molar-refractivity contribution in [2.24, 2.45) is 0 Å². The highest BCUT2D eigenvalue weighted by molar-refractivity contribution is 5.03. The van der Waals surface area contributed by atoms with Crippen LogP contribution in [0.4, 0.5) is 0 Å². The monoisotopic (exact) mass is 198 g/mol. The number of nitrogens with one attached hydrogen (secondary N) is 1. The molecule has 0 aliphatic carbocycles. The number of hydrogen-bond donors (Lipinski definition) is 1. The summed E-state index contributed by atoms with van der Waals surface area (Å²) < 4.78 is 6.08. The maximum atomic E-state index is 11.6. The molecule has 78 valence electrons. The van der Waals surface area contributed by atoms with Crippen LogP contribution < -0.4 is 11.2 Å². The Morgan fingerprint density at radius 3 is 2.71 bits per heavy atom. The molecule has 0 unspecified atom stereocenters. The molecule has 1 aromatic rings. The zero-order valence-corrected chi connectivity index (χ0v) is 8.37. The van der Waals surface area contributed by atoms with E-state index in [1.165, 1.54) is 6.20 Å². The summed E-state index contributed by atoms with van der Waals surface area (Å²) in [4.78, 5) is 25.3. The maximum absolute atomic E-state index is 11.6. The summed E-state index contributed by atoms with van der Waals surface area (Å²) in [7, 11) is 0. The number of aromatic amines is 1. The Hall–Kier alpha value is -1.36. The average molecular weight is 198 g/mol. The van der Waals surface area contributed by atoms with Crippen molar-refractivity contribution < 1.29 is 4.74 Å². The van der Waals surface area contributed by atoms with E-state index >= 15 is 0 Å². The molecule has 1 rings (SSSR count). The number of ether oxygens (including phenoxy) is 1. The molecule has 0 aliphatic heterocycles. The van der Waals surface area contributed by atoms with Gasteiger partial charge < -0.3 is 9.72 Å². The normalized spacial score (nSPS) is 10.4. The lowest BCUT2D eigenvalue weighted by Crippen LogP contribution is -2.37. The van der Waals surface area contributed by atoms with Crippen molar-refractivity contribution in [1.29, 1.82) is 0 Å². The van der Waals surface area contributed by atoms with E-state index < -0.39 is 5.69 Å². The fourth-order valence-electron chi connectivity index (χ4n) is 1.11. The third-order valence-electron chi connectivity index (χ3n) is 1.94. The molecule has 1 aromatic heterocycles. The first kappa shape index (κ1) is 10.7. The van der Waals surface area contributed by atoms with Gasteiger partial charge in [0.1, 0.15) is 6.73 Å². The number of nitrogens with zero attached hydrogens (tertiary/aromatic N) is 1. The molecule has 0 saturated carbocycles. The van der Waals surface area contributed by atoms with E-state index in [1.807, 2.05) is 13.8 Å². The van der Waals surface area contributed by atoms with Gasteiger partial charge in [0, 0.05) is 18.4 Å². The van der Waals surface area contributed by atoms with Crippen molar-refractivity contribution in [2.75, 3.05) is 6.61 Å². The van der Waals surface area contributed by atoms with Crippen LogP contribution in [0.2, 0.25) is 0 Å². The second-order valence-electron chi connectivity index (χ2n) is 2.83. The average Bonchev–Trinajstić information content (AvgIpc) is 2.18. The maximum Gasteiger partial charge on any atom is 0.330 e. The van der Waals surface area contributed by atoms with Crippen LogP contribution in [0.15, 0.2) is 15.8 Å². The minimum atomic E-state index is -0.430. The molecule has 0 fully saturated rings. The highest BCUT2D eigenvalue weighted by Crippen LogP contribution is 1.86. The lowest BCUT2D eigenvalue weighted by Gasteiger charge is -2.05. The molecule has 0 radical (unpaired) electrons. The molecule has 5 nitrogen and oxygen atoms in total. The molecular formula is C9H14N2O3. The molecule has 0 spiro atoms. The van der Waals surface area contributed by atoms with Gasteiger partial charge in [-0.2, -0.15) is 0 Å². The van der Waals surface area contributed by atoms with Crippen LogP contribution in [-0.2, 0) is 17.9 Å². The minimum Gasteiger partial charge on any atom is -0.361 e. The van der Waals surface area contributed by atoms with Crippen molar-refractivity contribution in [1.82, 2.24) is 9.55 Å². The molecule has 14 heavy (non-hydrogen) atoms. The van der Waals surface area contributed by atoms with Crippen molar-refractivity contribution in [2.45, 2.75) is 27.0 Å². The highest BCUT2D eigenvalue weighted by Gasteiger charge is 2.04. The summed E-state index contributed by atoms with van der Waals surface area (Å²) in [6, 6.07) is 0. The second kappa shape index (κ2) is 4.76. The Kier molecular flexibility index (Phi) is 3.64. The fourth-order valence-corrected chi connectivity index (χ4v) is 1.11. The number of rotatable bonds is 4. The van der Waals surface area contributed by atoms with Gasteiger partial charge in [-0.25, -0.2) is 9.36 Å². The number of H-pyrrole nitrogens is 1. The third kappa shape index (κ3) is 2.11. The van der Waals surface area contributed by atoms with Gasteiger partial charge >= 0.3 is 5.69 Å². The molecular weight excluding hydrogens is 184 g/mol. The van der Waals surface area contributed by atoms with Gasteiger partial charge in [0.05, 0.1) is 0 Å². The van der Waals surface area contributed by atoms with Gasteiger partial charge in [0.2, 0.25) is 0 Å². The summed E-state index contributed by atoms with van der Waals surface area (Å²) in [5.41, 5.74) is -0.116. The predicted octanol–water partition coefficient (Wildman–Crippen LogP) is 0.0930. The first-order valence-electron chi connectivity index (χ1n) is 4.59. The van der Waals surface area contributed by atoms with Gasteiger partial charge in [0.25, 0.3) is 5.56 Å². The lowest BCUT2D eigenvalue weighted by atomic mass is 10.3. The topological polar surface area (TPSA) is 64.1 Å². The number of hydrogen-bond acceptors (Lipinski definition) is 3. The van der Waals surface area contributed by atoms with Crippen LogP contribution in [0.5, 0.6) is 0 Å². The Morgan fingerprint density at radius 2 is 2.14 bits per heavy atom. The summed E-state index contributed by atoms with van der Waals surface area (Å²) in [6.45, 7) is 4.16. The van der Waals surface area contributed by atoms with Crippen LogP contribution in [0, 0.1) is 0 Å². The van der Waals surface area contributed by atoms with Crippen LogP contribution in [0.1, 0.15) is 19.4 Å². The Labute approximate surface area is 81.3 Å². The first-order valence-corrected chi connectivity index (χ1v) is 4.59. The van der Waals surface area contributed by atoms with E-state index in [1.54, 1.807) is 0 Å². The van der Waals surface area contributed by atoms with Crippen LogP contribution >= 0.6 is 0 Å². The largest absolute Gasteiger partial charge is 0.361 e. The SMILES string of the molecule is CCOCn1c(=O)[nH]cc(CC)c1=O. The highest BCUT2D eigenvalue weighted by atomic mass is 16.5. The van der Waals surface area contributed by atoms with Crippen molar-refractivity contribution in [3.63, 3.8) is 0 Å². The zero-order chi connectivity index (χ0) is 10.6. The standard InChI is InChI=1S/C9H14N2O3/c1-3-7-5-10-9(13)11(8(7)12)6-14-4-2/h5H,3-4,6H2,1-2H3,(H,10,13). The van der Waals surface area contributed by atoms with E-state index in [-0.39, 0.29) is 12.3 Å². The van der Waals surface area contributed by atoms with Gasteiger partial charge in [-0.15, -0.1) is 0 Å². The molecule has 0 aromatic carbocycles. The van der Waals surface area contributed by atoms with Gasteiger partial charge in [-0.05, 0) is 13.3 Å². The Bertz CT molecular complexity index is 405. The van der Waals surface area contributed by atoms with Crippen molar-refractivity contribution in [3.05, 3.63) is 32.6 Å². The zero-order valence-electron chi connectivity index (χ0n) is 8.37. The van der Waals surface area contributed by atoms with E-state index in [0.29, 0.717) is 18.6 Å². The smallest absolute Gasteiger partial charge is 0.330 e. The molecule has 0 aliphatic rings. The van der Waals surface area contributed by atoms with Gasteiger partial charge in [-0.3, -0.25) is 4.79 Å². The van der Waals surface area contributed by atoms with Crippen molar-refractivity contribution in [3.8, 4) is 0 Å². The molecule has 0 bridgehead atoms. The van der Waals surface area contributed by atoms with E-state index in [9.17, 15) is 9.59 Å². The molecule has 1 N–H and O–H groups in total. The third-order valence-corrected chi connectivity index (χ3v) is 1.94. The lowest BCUT2D eigenvalue weighted by molar-refractivity contribution is 0.0819. The minimum absolute atomic E-state index is 0.0124. The van der Waals surface area contributed by atoms with Crippen LogP contribution in [-0.4, -0.2) is 16.2 Å². The Morgan fingerprint density at radius 1 is 1.43 bits per heavy atom. The van der Waals surface area contributed by atoms with Gasteiger partial charge in [0.15, 0.2) is 0 Å². The second-order valence-corrected chi connectivity index (χ2v) is 2.83. The molecule has 1 heterocycles. The van der Waals surface area contributed by atoms with Crippen molar-refractivity contribution >= 4 is 0 Å². The predicted molar refractivity (Wildman–Crippen MR) is 52.3 cm³/mol. The molecule has 0 saturated heterocycles. The summed E-state index contributed by atoms with van der Waals surface area (Å²) in [5.74, 6) is 0. The van der Waals surface area contributed by atoms with Gasteiger partial charge in [-0.1, -0.05) is 6.92 Å². The number of aromatic nitrogens is 2. The van der Waals surface area contributed by atoms with E-state index in [2.05, 4.69) is 4.98 Å².